The first kappa shape index (κ1) is 17.5. The summed E-state index contributed by atoms with van der Waals surface area (Å²) < 4.78 is 0. The molecule has 0 saturated heterocycles. The Morgan fingerprint density at radius 2 is 2.04 bits per heavy atom. The summed E-state index contributed by atoms with van der Waals surface area (Å²) in [5.74, 6) is -0.285. The molecule has 24 heavy (non-hydrogen) atoms. The number of amides is 2. The van der Waals surface area contributed by atoms with Crippen LogP contribution < -0.4 is 0 Å². The van der Waals surface area contributed by atoms with Crippen molar-refractivity contribution < 1.29 is 14.7 Å². The number of benzene rings is 1. The number of nitriles is 1. The van der Waals surface area contributed by atoms with E-state index in [1.165, 1.54) is 4.90 Å². The van der Waals surface area contributed by atoms with Crippen LogP contribution in [0.15, 0.2) is 23.8 Å². The zero-order valence-electron chi connectivity index (χ0n) is 14.0. The summed E-state index contributed by atoms with van der Waals surface area (Å²) >= 11 is 0. The summed E-state index contributed by atoms with van der Waals surface area (Å²) in [6.45, 7) is 5.66. The van der Waals surface area contributed by atoms with Crippen molar-refractivity contribution in [2.75, 3.05) is 19.6 Å². The number of carbonyl (C=O) groups excluding carboxylic acids is 1. The molecule has 0 saturated carbocycles. The lowest BCUT2D eigenvalue weighted by molar-refractivity contribution is -0.126. The van der Waals surface area contributed by atoms with Gasteiger partial charge in [-0.25, -0.2) is 4.79 Å². The maximum atomic E-state index is 12.3. The van der Waals surface area contributed by atoms with Gasteiger partial charge in [-0.3, -0.25) is 4.79 Å². The molecule has 1 aliphatic heterocycles. The van der Waals surface area contributed by atoms with E-state index in [0.29, 0.717) is 32.6 Å². The van der Waals surface area contributed by atoms with Gasteiger partial charge in [0.1, 0.15) is 11.6 Å². The van der Waals surface area contributed by atoms with E-state index in [9.17, 15) is 14.9 Å². The Kier molecular flexibility index (Phi) is 5.59. The number of hydrogen-bond acceptors (Lipinski definition) is 3. The van der Waals surface area contributed by atoms with Crippen molar-refractivity contribution in [1.82, 2.24) is 9.80 Å². The third-order valence-electron chi connectivity index (χ3n) is 4.23. The summed E-state index contributed by atoms with van der Waals surface area (Å²) in [5, 5.41) is 18.4. The normalized spacial score (nSPS) is 13.9. The molecule has 0 bridgehead atoms. The van der Waals surface area contributed by atoms with Gasteiger partial charge in [0.2, 0.25) is 0 Å². The van der Waals surface area contributed by atoms with Crippen LogP contribution in [0.3, 0.4) is 0 Å². The van der Waals surface area contributed by atoms with Crippen LogP contribution in [-0.4, -0.2) is 46.5 Å². The first-order valence-corrected chi connectivity index (χ1v) is 8.00. The van der Waals surface area contributed by atoms with Gasteiger partial charge in [-0.15, -0.1) is 0 Å². The number of rotatable bonds is 4. The van der Waals surface area contributed by atoms with Crippen molar-refractivity contribution in [3.8, 4) is 6.07 Å². The fourth-order valence-corrected chi connectivity index (χ4v) is 2.82. The van der Waals surface area contributed by atoms with Crippen molar-refractivity contribution in [2.45, 2.75) is 26.8 Å². The van der Waals surface area contributed by atoms with Gasteiger partial charge >= 0.3 is 6.09 Å². The Balaban J connectivity index is 2.29. The van der Waals surface area contributed by atoms with Crippen LogP contribution in [0, 0.1) is 11.3 Å². The van der Waals surface area contributed by atoms with Crippen molar-refractivity contribution in [3.63, 3.8) is 0 Å². The molecule has 1 N–H and O–H groups in total. The lowest BCUT2D eigenvalue weighted by Crippen LogP contribution is -2.34. The van der Waals surface area contributed by atoms with Crippen LogP contribution in [-0.2, 0) is 17.8 Å². The second-order valence-corrected chi connectivity index (χ2v) is 5.63. The smallest absolute Gasteiger partial charge is 0.407 e. The molecule has 1 heterocycles. The van der Waals surface area contributed by atoms with E-state index in [1.54, 1.807) is 11.0 Å². The highest BCUT2D eigenvalue weighted by Gasteiger charge is 2.20. The average Bonchev–Trinajstić information content (AvgIpc) is 2.59. The summed E-state index contributed by atoms with van der Waals surface area (Å²) in [4.78, 5) is 26.4. The number of likely N-dealkylation sites (N-methyl/N-ethyl adjacent to an activating group) is 1. The number of fused-ring (bicyclic) bond motifs is 1. The second-order valence-electron chi connectivity index (χ2n) is 5.63. The van der Waals surface area contributed by atoms with Gasteiger partial charge < -0.3 is 14.9 Å². The minimum atomic E-state index is -0.934. The van der Waals surface area contributed by atoms with E-state index in [-0.39, 0.29) is 11.5 Å². The molecule has 126 valence electrons. The van der Waals surface area contributed by atoms with Crippen LogP contribution in [0.2, 0.25) is 0 Å². The third kappa shape index (κ3) is 3.74. The fourth-order valence-electron chi connectivity index (χ4n) is 2.82. The highest BCUT2D eigenvalue weighted by Crippen LogP contribution is 2.22. The predicted molar refractivity (Wildman–Crippen MR) is 90.1 cm³/mol. The van der Waals surface area contributed by atoms with E-state index < -0.39 is 6.09 Å². The molecular weight excluding hydrogens is 306 g/mol. The molecular formula is C18H21N3O3. The third-order valence-corrected chi connectivity index (χ3v) is 4.23. The van der Waals surface area contributed by atoms with Gasteiger partial charge in [0.15, 0.2) is 0 Å². The molecule has 2 amide bonds. The predicted octanol–water partition coefficient (Wildman–Crippen LogP) is 2.50. The summed E-state index contributed by atoms with van der Waals surface area (Å²) in [6.07, 6.45) is 1.31. The molecule has 1 aliphatic rings. The number of carbonyl (C=O) groups is 2. The molecule has 0 spiro atoms. The van der Waals surface area contributed by atoms with E-state index in [1.807, 2.05) is 38.1 Å². The largest absolute Gasteiger partial charge is 0.465 e. The molecule has 0 unspecified atom stereocenters. The summed E-state index contributed by atoms with van der Waals surface area (Å²) in [6, 6.07) is 7.64. The first-order valence-electron chi connectivity index (χ1n) is 8.00. The highest BCUT2D eigenvalue weighted by atomic mass is 16.4. The molecule has 2 rings (SSSR count). The lowest BCUT2D eigenvalue weighted by Gasteiger charge is -2.26. The van der Waals surface area contributed by atoms with Crippen molar-refractivity contribution in [2.24, 2.45) is 0 Å². The minimum absolute atomic E-state index is 0.0875. The Bertz CT molecular complexity index is 715. The summed E-state index contributed by atoms with van der Waals surface area (Å²) in [5.41, 5.74) is 2.85. The number of nitrogens with zero attached hydrogens (tertiary/aromatic N) is 3. The van der Waals surface area contributed by atoms with Gasteiger partial charge in [0, 0.05) is 26.2 Å². The number of carboxylic acid groups (broad SMARTS) is 1. The van der Waals surface area contributed by atoms with Crippen molar-refractivity contribution in [3.05, 3.63) is 40.5 Å². The molecule has 1 aromatic carbocycles. The van der Waals surface area contributed by atoms with Crippen LogP contribution in [0.1, 0.15) is 30.5 Å². The number of hydrogen-bond donors (Lipinski definition) is 1. The summed E-state index contributed by atoms with van der Waals surface area (Å²) in [7, 11) is 0. The Morgan fingerprint density at radius 1 is 1.33 bits per heavy atom. The van der Waals surface area contributed by atoms with Gasteiger partial charge in [-0.1, -0.05) is 12.1 Å². The highest BCUT2D eigenvalue weighted by molar-refractivity contribution is 6.01. The van der Waals surface area contributed by atoms with Crippen molar-refractivity contribution in [1.29, 1.82) is 5.26 Å². The minimum Gasteiger partial charge on any atom is -0.465 e. The monoisotopic (exact) mass is 327 g/mol. The maximum Gasteiger partial charge on any atom is 0.407 e. The molecule has 0 radical (unpaired) electrons. The van der Waals surface area contributed by atoms with Gasteiger partial charge in [-0.05, 0) is 49.1 Å². The molecule has 0 aliphatic carbocycles. The molecule has 0 fully saturated rings. The topological polar surface area (TPSA) is 84.6 Å². The van der Waals surface area contributed by atoms with Gasteiger partial charge in [0.05, 0.1) is 0 Å². The van der Waals surface area contributed by atoms with Crippen LogP contribution in [0.25, 0.3) is 6.08 Å². The van der Waals surface area contributed by atoms with E-state index in [4.69, 9.17) is 5.11 Å². The average molecular weight is 327 g/mol. The zero-order valence-corrected chi connectivity index (χ0v) is 14.0. The van der Waals surface area contributed by atoms with E-state index >= 15 is 0 Å². The zero-order chi connectivity index (χ0) is 17.7. The molecule has 6 nitrogen and oxygen atoms in total. The Morgan fingerprint density at radius 3 is 2.62 bits per heavy atom. The van der Waals surface area contributed by atoms with Gasteiger partial charge in [-0.2, -0.15) is 5.26 Å². The maximum absolute atomic E-state index is 12.3. The first-order chi connectivity index (χ1) is 11.5. The van der Waals surface area contributed by atoms with E-state index in [0.717, 1.165) is 16.7 Å². The fraction of sp³-hybridized carbons (Fsp3) is 0.389. The van der Waals surface area contributed by atoms with Crippen LogP contribution in [0.5, 0.6) is 0 Å². The van der Waals surface area contributed by atoms with Crippen LogP contribution in [0.4, 0.5) is 4.79 Å². The lowest BCUT2D eigenvalue weighted by atomic mass is 9.97. The van der Waals surface area contributed by atoms with Gasteiger partial charge in [0.25, 0.3) is 5.91 Å². The SMILES string of the molecule is CCN(CC)C(=O)C(C#N)=Cc1ccc2c(c1)CN(C(=O)O)CC2. The molecule has 0 atom stereocenters. The molecule has 6 heteroatoms. The quantitative estimate of drug-likeness (QED) is 0.680. The standard InChI is InChI=1S/C18H21N3O3/c1-3-20(4-2)17(22)15(11-19)9-13-5-6-14-7-8-21(18(23)24)12-16(14)10-13/h5-6,9-10H,3-4,7-8,12H2,1-2H3,(H,23,24). The second kappa shape index (κ2) is 7.64. The Hall–Kier alpha value is -2.81. The van der Waals surface area contributed by atoms with E-state index in [2.05, 4.69) is 0 Å². The Labute approximate surface area is 141 Å². The molecule has 1 aromatic rings. The molecule has 0 aromatic heterocycles. The van der Waals surface area contributed by atoms with Crippen LogP contribution >= 0.6 is 0 Å². The van der Waals surface area contributed by atoms with Crippen molar-refractivity contribution >= 4 is 18.1 Å².